The number of hydrogen-bond donors (Lipinski definition) is 2. The molecular weight excluding hydrogens is 316 g/mol. The summed E-state index contributed by atoms with van der Waals surface area (Å²) in [5.74, 6) is 0.700. The molecule has 7 heteroatoms. The number of alkyl halides is 2. The molecule has 24 heavy (non-hydrogen) atoms. The van der Waals surface area contributed by atoms with Crippen LogP contribution in [0.15, 0.2) is 24.3 Å². The molecule has 0 aromatic heterocycles. The fraction of sp³-hybridized carbons (Fsp3) is 0.588. The van der Waals surface area contributed by atoms with Gasteiger partial charge in [0.05, 0.1) is 0 Å². The van der Waals surface area contributed by atoms with E-state index >= 15 is 0 Å². The Balaban J connectivity index is 1.78. The topological polar surface area (TPSA) is 53.6 Å². The van der Waals surface area contributed by atoms with Crippen LogP contribution in [0.1, 0.15) is 26.7 Å². The fourth-order valence-corrected chi connectivity index (χ4v) is 2.92. The Bertz CT molecular complexity index is 542. The van der Waals surface area contributed by atoms with Crippen molar-refractivity contribution in [2.45, 2.75) is 39.3 Å². The summed E-state index contributed by atoms with van der Waals surface area (Å²) in [5, 5.41) is 5.45. The third-order valence-corrected chi connectivity index (χ3v) is 4.19. The minimum atomic E-state index is -2.89. The van der Waals surface area contributed by atoms with Crippen LogP contribution in [0, 0.1) is 5.92 Å². The van der Waals surface area contributed by atoms with Gasteiger partial charge < -0.3 is 15.4 Å². The molecule has 134 valence electrons. The van der Waals surface area contributed by atoms with Crippen LogP contribution < -0.4 is 15.4 Å². The van der Waals surface area contributed by atoms with Gasteiger partial charge in [0.1, 0.15) is 5.75 Å². The summed E-state index contributed by atoms with van der Waals surface area (Å²) in [6.45, 7) is 4.09. The largest absolute Gasteiger partial charge is 0.435 e. The van der Waals surface area contributed by atoms with Crippen molar-refractivity contribution in [3.05, 3.63) is 24.3 Å². The maximum absolute atomic E-state index is 12.2. The lowest BCUT2D eigenvalue weighted by Gasteiger charge is -2.35. The summed E-state index contributed by atoms with van der Waals surface area (Å²) >= 11 is 0. The Kier molecular flexibility index (Phi) is 6.78. The normalized spacial score (nSPS) is 19.8. The summed E-state index contributed by atoms with van der Waals surface area (Å²) in [5.41, 5.74) is 0.407. The molecule has 0 bridgehead atoms. The molecule has 1 aliphatic rings. The molecule has 0 spiro atoms. The van der Waals surface area contributed by atoms with Crippen molar-refractivity contribution in [2.75, 3.05) is 25.0 Å². The predicted octanol–water partition coefficient (Wildman–Crippen LogP) is 3.53. The molecule has 1 fully saturated rings. The standard InChI is InChI=1S/C17H25F2N3O2/c1-12-5-4-8-22(11-12)13(2)10-20-17(23)21-14-6-3-7-15(9-14)24-16(18)19/h3,6-7,9,12-13,16H,4-5,8,10-11H2,1-2H3,(H2,20,21,23)/t12-,13-/m0/s1. The van der Waals surface area contributed by atoms with E-state index in [0.717, 1.165) is 13.1 Å². The number of urea groups is 1. The maximum Gasteiger partial charge on any atom is 0.387 e. The molecule has 0 aliphatic carbocycles. The second-order valence-electron chi connectivity index (χ2n) is 6.33. The number of halogens is 2. The van der Waals surface area contributed by atoms with E-state index in [1.54, 1.807) is 12.1 Å². The zero-order chi connectivity index (χ0) is 17.5. The van der Waals surface area contributed by atoms with Gasteiger partial charge in [0, 0.05) is 30.9 Å². The molecule has 1 aromatic rings. The average molecular weight is 341 g/mol. The average Bonchev–Trinajstić information content (AvgIpc) is 2.52. The number of hydrogen-bond acceptors (Lipinski definition) is 3. The second-order valence-corrected chi connectivity index (χ2v) is 6.33. The van der Waals surface area contributed by atoms with Gasteiger partial charge in [-0.15, -0.1) is 0 Å². The maximum atomic E-state index is 12.2. The van der Waals surface area contributed by atoms with Crippen LogP contribution in [0.25, 0.3) is 0 Å². The van der Waals surface area contributed by atoms with Gasteiger partial charge in [-0.3, -0.25) is 4.90 Å². The highest BCUT2D eigenvalue weighted by atomic mass is 19.3. The molecule has 1 aromatic carbocycles. The Labute approximate surface area is 141 Å². The van der Waals surface area contributed by atoms with E-state index in [1.165, 1.54) is 25.0 Å². The van der Waals surface area contributed by atoms with E-state index in [2.05, 4.69) is 34.1 Å². The van der Waals surface area contributed by atoms with Gasteiger partial charge in [0.15, 0.2) is 0 Å². The van der Waals surface area contributed by atoms with Crippen molar-refractivity contribution in [1.82, 2.24) is 10.2 Å². The summed E-state index contributed by atoms with van der Waals surface area (Å²) in [6.07, 6.45) is 2.45. The molecule has 2 amide bonds. The molecule has 1 saturated heterocycles. The lowest BCUT2D eigenvalue weighted by molar-refractivity contribution is -0.0497. The zero-order valence-electron chi connectivity index (χ0n) is 14.1. The van der Waals surface area contributed by atoms with Crippen molar-refractivity contribution >= 4 is 11.7 Å². The molecule has 5 nitrogen and oxygen atoms in total. The van der Waals surface area contributed by atoms with Crippen LogP contribution >= 0.6 is 0 Å². The highest BCUT2D eigenvalue weighted by molar-refractivity contribution is 5.89. The van der Waals surface area contributed by atoms with E-state index in [0.29, 0.717) is 18.2 Å². The molecule has 2 N–H and O–H groups in total. The Hall–Kier alpha value is -1.89. The lowest BCUT2D eigenvalue weighted by Crippen LogP contribution is -2.47. The number of ether oxygens (including phenoxy) is 1. The third kappa shape index (κ3) is 5.96. The van der Waals surface area contributed by atoms with Crippen LogP contribution in [0.3, 0.4) is 0 Å². The van der Waals surface area contributed by atoms with Gasteiger partial charge in [-0.1, -0.05) is 13.0 Å². The SMILES string of the molecule is C[C@H]1CCCN([C@@H](C)CNC(=O)Nc2cccc(OC(F)F)c2)C1. The number of nitrogens with zero attached hydrogens (tertiary/aromatic N) is 1. The van der Waals surface area contributed by atoms with E-state index in [9.17, 15) is 13.6 Å². The predicted molar refractivity (Wildman–Crippen MR) is 89.5 cm³/mol. The van der Waals surface area contributed by atoms with Gasteiger partial charge in [0.25, 0.3) is 0 Å². The Morgan fingerprint density at radius 1 is 1.46 bits per heavy atom. The first-order valence-electron chi connectivity index (χ1n) is 8.28. The van der Waals surface area contributed by atoms with Crippen molar-refractivity contribution in [2.24, 2.45) is 5.92 Å². The van der Waals surface area contributed by atoms with Crippen LogP contribution in [0.2, 0.25) is 0 Å². The van der Waals surface area contributed by atoms with E-state index in [1.807, 2.05) is 0 Å². The van der Waals surface area contributed by atoms with Gasteiger partial charge in [0.2, 0.25) is 0 Å². The summed E-state index contributed by atoms with van der Waals surface area (Å²) in [6, 6.07) is 5.84. The first kappa shape index (κ1) is 18.4. The van der Waals surface area contributed by atoms with Crippen molar-refractivity contribution < 1.29 is 18.3 Å². The van der Waals surface area contributed by atoms with Gasteiger partial charge in [-0.2, -0.15) is 8.78 Å². The van der Waals surface area contributed by atoms with E-state index in [4.69, 9.17) is 0 Å². The molecule has 1 aliphatic heterocycles. The fourth-order valence-electron chi connectivity index (χ4n) is 2.92. The molecule has 2 atom stereocenters. The second kappa shape index (κ2) is 8.82. The number of likely N-dealkylation sites (tertiary alicyclic amines) is 1. The minimum absolute atomic E-state index is 0.0125. The number of piperidine rings is 1. The van der Waals surface area contributed by atoms with Crippen LogP contribution in [-0.2, 0) is 0 Å². The molecule has 0 saturated carbocycles. The smallest absolute Gasteiger partial charge is 0.387 e. The van der Waals surface area contributed by atoms with Gasteiger partial charge in [-0.25, -0.2) is 4.79 Å². The van der Waals surface area contributed by atoms with Crippen molar-refractivity contribution in [3.8, 4) is 5.75 Å². The summed E-state index contributed by atoms with van der Waals surface area (Å²) < 4.78 is 28.7. The Morgan fingerprint density at radius 3 is 2.96 bits per heavy atom. The molecule has 2 rings (SSSR count). The molecule has 1 heterocycles. The lowest BCUT2D eigenvalue weighted by atomic mass is 9.99. The van der Waals surface area contributed by atoms with Crippen LogP contribution in [0.5, 0.6) is 5.75 Å². The number of anilines is 1. The number of rotatable bonds is 6. The number of benzene rings is 1. The number of amides is 2. The van der Waals surface area contributed by atoms with Crippen molar-refractivity contribution in [1.29, 1.82) is 0 Å². The summed E-state index contributed by atoms with van der Waals surface area (Å²) in [7, 11) is 0. The third-order valence-electron chi connectivity index (χ3n) is 4.19. The zero-order valence-corrected chi connectivity index (χ0v) is 14.1. The van der Waals surface area contributed by atoms with Crippen LogP contribution in [0.4, 0.5) is 19.3 Å². The number of carbonyl (C=O) groups excluding carboxylic acids is 1. The first-order valence-corrected chi connectivity index (χ1v) is 8.28. The van der Waals surface area contributed by atoms with Crippen molar-refractivity contribution in [3.63, 3.8) is 0 Å². The number of nitrogens with one attached hydrogen (secondary N) is 2. The highest BCUT2D eigenvalue weighted by Crippen LogP contribution is 2.19. The first-order chi connectivity index (χ1) is 11.4. The minimum Gasteiger partial charge on any atom is -0.435 e. The monoisotopic (exact) mass is 341 g/mol. The summed E-state index contributed by atoms with van der Waals surface area (Å²) in [4.78, 5) is 14.3. The number of carbonyl (C=O) groups is 1. The molecule has 0 unspecified atom stereocenters. The molecule has 0 radical (unpaired) electrons. The Morgan fingerprint density at radius 2 is 2.25 bits per heavy atom. The van der Waals surface area contributed by atoms with Gasteiger partial charge >= 0.3 is 12.6 Å². The van der Waals surface area contributed by atoms with E-state index in [-0.39, 0.29) is 17.8 Å². The van der Waals surface area contributed by atoms with Gasteiger partial charge in [-0.05, 0) is 44.4 Å². The quantitative estimate of drug-likeness (QED) is 0.832. The van der Waals surface area contributed by atoms with E-state index < -0.39 is 6.61 Å². The molecular formula is C17H25F2N3O2. The highest BCUT2D eigenvalue weighted by Gasteiger charge is 2.21. The van der Waals surface area contributed by atoms with Crippen LogP contribution in [-0.4, -0.2) is 43.2 Å².